The van der Waals surface area contributed by atoms with Gasteiger partial charge in [0.2, 0.25) is 0 Å². The molecule has 1 saturated carbocycles. The molecule has 1 heterocycles. The molecule has 4 heteroatoms. The first-order valence-corrected chi connectivity index (χ1v) is 7.56. The zero-order valence-electron chi connectivity index (χ0n) is 12.9. The fourth-order valence-electron chi connectivity index (χ4n) is 2.68. The van der Waals surface area contributed by atoms with Crippen LogP contribution < -0.4 is 0 Å². The van der Waals surface area contributed by atoms with Crippen molar-refractivity contribution in [2.24, 2.45) is 11.3 Å². The number of rotatable bonds is 4. The van der Waals surface area contributed by atoms with Crippen molar-refractivity contribution in [3.05, 3.63) is 29.6 Å². The number of carboxylic acid groups (broad SMARTS) is 1. The highest BCUT2D eigenvalue weighted by Crippen LogP contribution is 2.33. The molecule has 0 radical (unpaired) electrons. The Morgan fingerprint density at radius 2 is 2.10 bits per heavy atom. The van der Waals surface area contributed by atoms with Gasteiger partial charge in [-0.2, -0.15) is 0 Å². The van der Waals surface area contributed by atoms with Crippen molar-refractivity contribution in [3.8, 4) is 0 Å². The summed E-state index contributed by atoms with van der Waals surface area (Å²) in [6, 6.07) is 5.27. The number of aromatic carboxylic acids is 1. The quantitative estimate of drug-likeness (QED) is 0.931. The number of imidazole rings is 1. The predicted octanol–water partition coefficient (Wildman–Crippen LogP) is 3.73. The molecule has 1 fully saturated rings. The molecule has 1 aromatic heterocycles. The first kappa shape index (κ1) is 14.1. The van der Waals surface area contributed by atoms with Gasteiger partial charge in [0, 0.05) is 13.0 Å². The molecule has 3 rings (SSSR count). The Hall–Kier alpha value is -1.84. The Morgan fingerprint density at radius 1 is 1.38 bits per heavy atom. The summed E-state index contributed by atoms with van der Waals surface area (Å²) >= 11 is 0. The molecule has 112 valence electrons. The highest BCUT2D eigenvalue weighted by molar-refractivity contribution is 5.92. The maximum absolute atomic E-state index is 11.1. The van der Waals surface area contributed by atoms with Gasteiger partial charge in [0.15, 0.2) is 0 Å². The van der Waals surface area contributed by atoms with E-state index in [0.717, 1.165) is 35.7 Å². The lowest BCUT2D eigenvalue weighted by atomic mass is 9.92. The highest BCUT2D eigenvalue weighted by Gasteiger charge is 2.26. The maximum atomic E-state index is 11.1. The molecule has 1 N–H and O–H groups in total. The van der Waals surface area contributed by atoms with Crippen molar-refractivity contribution in [2.75, 3.05) is 0 Å². The van der Waals surface area contributed by atoms with Crippen LogP contribution in [0.15, 0.2) is 18.2 Å². The van der Waals surface area contributed by atoms with Gasteiger partial charge in [0.25, 0.3) is 0 Å². The van der Waals surface area contributed by atoms with Gasteiger partial charge in [0.1, 0.15) is 5.82 Å². The maximum Gasteiger partial charge on any atom is 0.335 e. The molecule has 0 spiro atoms. The number of benzene rings is 1. The van der Waals surface area contributed by atoms with Crippen LogP contribution in [0.5, 0.6) is 0 Å². The molecule has 1 aromatic carbocycles. The largest absolute Gasteiger partial charge is 0.478 e. The lowest BCUT2D eigenvalue weighted by molar-refractivity contribution is 0.0697. The smallest absolute Gasteiger partial charge is 0.335 e. The Bertz CT molecular complexity index is 691. The SMILES string of the molecule is CC(C)(C)Cc1nc2cc(C(=O)O)ccc2n1CC1CC1. The standard InChI is InChI=1S/C17H22N2O2/c1-17(2,3)9-15-18-13-8-12(16(20)21)6-7-14(13)19(15)10-11-4-5-11/h6-8,11H,4-5,9-10H2,1-3H3,(H,20,21). The number of nitrogens with zero attached hydrogens (tertiary/aromatic N) is 2. The number of aromatic nitrogens is 2. The zero-order chi connectivity index (χ0) is 15.2. The van der Waals surface area contributed by atoms with Crippen LogP contribution in [0.4, 0.5) is 0 Å². The Morgan fingerprint density at radius 3 is 2.67 bits per heavy atom. The van der Waals surface area contributed by atoms with Gasteiger partial charge < -0.3 is 9.67 Å². The highest BCUT2D eigenvalue weighted by atomic mass is 16.4. The molecule has 0 atom stereocenters. The first-order chi connectivity index (χ1) is 9.83. The number of hydrogen-bond acceptors (Lipinski definition) is 2. The number of fused-ring (bicyclic) bond motifs is 1. The van der Waals surface area contributed by atoms with Crippen LogP contribution in [0.25, 0.3) is 11.0 Å². The van der Waals surface area contributed by atoms with E-state index in [4.69, 9.17) is 10.1 Å². The third-order valence-corrected chi connectivity index (χ3v) is 3.90. The van der Waals surface area contributed by atoms with Gasteiger partial charge in [-0.05, 0) is 42.4 Å². The van der Waals surface area contributed by atoms with E-state index in [9.17, 15) is 4.79 Å². The minimum absolute atomic E-state index is 0.165. The van der Waals surface area contributed by atoms with Gasteiger partial charge in [-0.3, -0.25) is 0 Å². The fourth-order valence-corrected chi connectivity index (χ4v) is 2.68. The van der Waals surface area contributed by atoms with Crippen LogP contribution >= 0.6 is 0 Å². The summed E-state index contributed by atoms with van der Waals surface area (Å²) in [7, 11) is 0. The summed E-state index contributed by atoms with van der Waals surface area (Å²) in [6.07, 6.45) is 3.49. The lowest BCUT2D eigenvalue weighted by Crippen LogP contribution is -2.15. The van der Waals surface area contributed by atoms with Crippen LogP contribution in [0, 0.1) is 11.3 Å². The van der Waals surface area contributed by atoms with Crippen LogP contribution in [0.3, 0.4) is 0 Å². The summed E-state index contributed by atoms with van der Waals surface area (Å²) in [4.78, 5) is 15.8. The molecule has 1 aliphatic rings. The second kappa shape index (κ2) is 4.86. The Kier molecular flexibility index (Phi) is 3.27. The number of carbonyl (C=O) groups is 1. The van der Waals surface area contributed by atoms with E-state index in [-0.39, 0.29) is 5.41 Å². The van der Waals surface area contributed by atoms with Crippen molar-refractivity contribution in [3.63, 3.8) is 0 Å². The van der Waals surface area contributed by atoms with Crippen molar-refractivity contribution < 1.29 is 9.90 Å². The van der Waals surface area contributed by atoms with E-state index in [0.29, 0.717) is 5.56 Å². The summed E-state index contributed by atoms with van der Waals surface area (Å²) < 4.78 is 2.30. The molecule has 4 nitrogen and oxygen atoms in total. The summed E-state index contributed by atoms with van der Waals surface area (Å²) in [5.41, 5.74) is 2.33. The van der Waals surface area contributed by atoms with Crippen LogP contribution in [-0.2, 0) is 13.0 Å². The molecular weight excluding hydrogens is 264 g/mol. The lowest BCUT2D eigenvalue weighted by Gasteiger charge is -2.18. The average Bonchev–Trinajstić information content (AvgIpc) is 3.12. The number of carboxylic acids is 1. The summed E-state index contributed by atoms with van der Waals surface area (Å²) in [5.74, 6) is 0.943. The first-order valence-electron chi connectivity index (χ1n) is 7.56. The van der Waals surface area contributed by atoms with Crippen molar-refractivity contribution in [1.29, 1.82) is 0 Å². The molecule has 2 aromatic rings. The van der Waals surface area contributed by atoms with Gasteiger partial charge in [0.05, 0.1) is 16.6 Å². The Labute approximate surface area is 124 Å². The molecule has 0 unspecified atom stereocenters. The molecule has 0 aliphatic heterocycles. The van der Waals surface area contributed by atoms with Crippen molar-refractivity contribution >= 4 is 17.0 Å². The molecule has 21 heavy (non-hydrogen) atoms. The van der Waals surface area contributed by atoms with E-state index < -0.39 is 5.97 Å². The van der Waals surface area contributed by atoms with E-state index in [1.165, 1.54) is 12.8 Å². The third-order valence-electron chi connectivity index (χ3n) is 3.90. The molecule has 0 amide bonds. The van der Waals surface area contributed by atoms with Crippen LogP contribution in [0.2, 0.25) is 0 Å². The second-order valence-electron chi connectivity index (χ2n) is 7.33. The Balaban J connectivity index is 2.07. The summed E-state index contributed by atoms with van der Waals surface area (Å²) in [6.45, 7) is 7.62. The molecular formula is C17H22N2O2. The zero-order valence-corrected chi connectivity index (χ0v) is 12.9. The topological polar surface area (TPSA) is 55.1 Å². The van der Waals surface area contributed by atoms with Crippen molar-refractivity contribution in [2.45, 2.75) is 46.6 Å². The normalized spacial score (nSPS) is 15.6. The minimum Gasteiger partial charge on any atom is -0.478 e. The van der Waals surface area contributed by atoms with Crippen molar-refractivity contribution in [1.82, 2.24) is 9.55 Å². The third kappa shape index (κ3) is 3.09. The minimum atomic E-state index is -0.897. The predicted molar refractivity (Wildman–Crippen MR) is 82.6 cm³/mol. The van der Waals surface area contributed by atoms with Gasteiger partial charge in [-0.25, -0.2) is 9.78 Å². The average molecular weight is 286 g/mol. The van der Waals surface area contributed by atoms with Gasteiger partial charge in [-0.1, -0.05) is 20.8 Å². The molecule has 0 bridgehead atoms. The monoisotopic (exact) mass is 286 g/mol. The van der Waals surface area contributed by atoms with E-state index in [1.54, 1.807) is 12.1 Å². The van der Waals surface area contributed by atoms with Crippen LogP contribution in [0.1, 0.15) is 49.8 Å². The van der Waals surface area contributed by atoms with Gasteiger partial charge in [-0.15, -0.1) is 0 Å². The van der Waals surface area contributed by atoms with E-state index in [2.05, 4.69) is 25.3 Å². The molecule has 1 aliphatic carbocycles. The van der Waals surface area contributed by atoms with Gasteiger partial charge >= 0.3 is 5.97 Å². The molecule has 0 saturated heterocycles. The fraction of sp³-hybridized carbons (Fsp3) is 0.529. The van der Waals surface area contributed by atoms with Crippen LogP contribution in [-0.4, -0.2) is 20.6 Å². The number of hydrogen-bond donors (Lipinski definition) is 1. The van der Waals surface area contributed by atoms with E-state index >= 15 is 0 Å². The second-order valence-corrected chi connectivity index (χ2v) is 7.33. The van der Waals surface area contributed by atoms with E-state index in [1.807, 2.05) is 6.07 Å². The summed E-state index contributed by atoms with van der Waals surface area (Å²) in [5, 5.41) is 9.13.